The van der Waals surface area contributed by atoms with Crippen molar-refractivity contribution in [1.29, 1.82) is 0 Å². The van der Waals surface area contributed by atoms with Crippen molar-refractivity contribution in [3.63, 3.8) is 0 Å². The van der Waals surface area contributed by atoms with Crippen LogP contribution in [-0.2, 0) is 4.79 Å². The summed E-state index contributed by atoms with van der Waals surface area (Å²) in [5.74, 6) is 0.343. The van der Waals surface area contributed by atoms with Crippen LogP contribution < -0.4 is 0 Å². The molecule has 0 spiro atoms. The maximum atomic E-state index is 14.4. The van der Waals surface area contributed by atoms with Gasteiger partial charge in [-0.25, -0.2) is 4.39 Å². The van der Waals surface area contributed by atoms with Crippen molar-refractivity contribution < 1.29 is 9.18 Å². The van der Waals surface area contributed by atoms with Crippen LogP contribution in [0, 0.1) is 11.3 Å². The number of Topliss-reactive ketones (excluding diaryl/α,β-unsaturated/α-hetero) is 1. The first-order valence-electron chi connectivity index (χ1n) is 8.28. The smallest absolute Gasteiger partial charge is 0.136 e. The zero-order chi connectivity index (χ0) is 17.3. The van der Waals surface area contributed by atoms with E-state index in [-0.39, 0.29) is 20.3 Å². The Morgan fingerprint density at radius 1 is 1.18 bits per heavy atom. The lowest BCUT2D eigenvalue weighted by Gasteiger charge is -2.38. The maximum Gasteiger partial charge on any atom is 0.136 e. The molecule has 0 aliphatic heterocycles. The molecule has 1 nitrogen and oxygen atoms in total. The number of carbonyl (C=O) groups is 1. The minimum atomic E-state index is -0.879. The van der Waals surface area contributed by atoms with E-state index >= 15 is 0 Å². The predicted molar refractivity (Wildman–Crippen MR) is 105 cm³/mol. The Labute approximate surface area is 161 Å². The summed E-state index contributed by atoms with van der Waals surface area (Å²) in [6.07, 6.45) is 4.41. The summed E-state index contributed by atoms with van der Waals surface area (Å²) in [5, 5.41) is 0. The monoisotopic (exact) mass is 506 g/mol. The van der Waals surface area contributed by atoms with Crippen LogP contribution in [0.1, 0.15) is 72.6 Å². The third-order valence-corrected chi connectivity index (χ3v) is 8.53. The van der Waals surface area contributed by atoms with Gasteiger partial charge in [0.1, 0.15) is 12.0 Å². The lowest BCUT2D eigenvalue weighted by atomic mass is 9.65. The molecule has 0 saturated carbocycles. The standard InChI is InChI=1S/C17H30Br3FO/c1-5-7-8-14(21)11-17(13(4)22,12(3)6-2)10-9-15(18)16(19)20/h12,14-16H,5-11H2,1-4H3. The second-order valence-electron chi connectivity index (χ2n) is 6.35. The van der Waals surface area contributed by atoms with Gasteiger partial charge >= 0.3 is 0 Å². The van der Waals surface area contributed by atoms with Crippen LogP contribution in [0.2, 0.25) is 0 Å². The number of carbonyl (C=O) groups excluding carboxylic acids is 1. The molecule has 0 aromatic carbocycles. The van der Waals surface area contributed by atoms with E-state index in [1.165, 1.54) is 0 Å². The van der Waals surface area contributed by atoms with Gasteiger partial charge in [0.25, 0.3) is 0 Å². The van der Waals surface area contributed by atoms with Crippen molar-refractivity contribution in [3.05, 3.63) is 0 Å². The van der Waals surface area contributed by atoms with E-state index in [2.05, 4.69) is 68.6 Å². The fourth-order valence-corrected chi connectivity index (χ4v) is 3.81. The highest BCUT2D eigenvalue weighted by atomic mass is 79.9. The Bertz CT molecular complexity index is 325. The Morgan fingerprint density at radius 2 is 1.77 bits per heavy atom. The fraction of sp³-hybridized carbons (Fsp3) is 0.941. The molecular formula is C17H30Br3FO. The van der Waals surface area contributed by atoms with Crippen LogP contribution in [0.25, 0.3) is 0 Å². The van der Waals surface area contributed by atoms with Crippen LogP contribution in [-0.4, -0.2) is 20.5 Å². The minimum Gasteiger partial charge on any atom is -0.299 e. The number of halogens is 4. The molecule has 0 amide bonds. The first kappa shape index (κ1) is 23.0. The van der Waals surface area contributed by atoms with Gasteiger partial charge in [0.05, 0.1) is 3.74 Å². The zero-order valence-corrected chi connectivity index (χ0v) is 18.9. The van der Waals surface area contributed by atoms with Crippen LogP contribution in [0.4, 0.5) is 4.39 Å². The molecular weight excluding hydrogens is 479 g/mol. The van der Waals surface area contributed by atoms with E-state index in [4.69, 9.17) is 0 Å². The molecule has 5 heteroatoms. The van der Waals surface area contributed by atoms with Gasteiger partial charge in [-0.1, -0.05) is 87.8 Å². The van der Waals surface area contributed by atoms with Crippen LogP contribution >= 0.6 is 47.8 Å². The number of unbranched alkanes of at least 4 members (excludes halogenated alkanes) is 1. The van der Waals surface area contributed by atoms with Crippen molar-refractivity contribution in [1.82, 2.24) is 0 Å². The highest BCUT2D eigenvalue weighted by molar-refractivity contribution is 9.25. The number of ketones is 1. The quantitative estimate of drug-likeness (QED) is 0.255. The Balaban J connectivity index is 5.12. The van der Waals surface area contributed by atoms with Crippen LogP contribution in [0.15, 0.2) is 0 Å². The zero-order valence-electron chi connectivity index (χ0n) is 14.2. The molecule has 0 fully saturated rings. The maximum absolute atomic E-state index is 14.4. The second kappa shape index (κ2) is 11.6. The molecule has 0 rings (SSSR count). The molecule has 0 aliphatic carbocycles. The van der Waals surface area contributed by atoms with Gasteiger partial charge in [0, 0.05) is 10.2 Å². The number of hydrogen-bond donors (Lipinski definition) is 0. The average Bonchev–Trinajstić information content (AvgIpc) is 2.47. The molecule has 0 radical (unpaired) electrons. The second-order valence-corrected chi connectivity index (χ2v) is 10.7. The molecule has 0 saturated heterocycles. The lowest BCUT2D eigenvalue weighted by Crippen LogP contribution is -2.39. The van der Waals surface area contributed by atoms with Gasteiger partial charge in [-0.3, -0.25) is 4.79 Å². The van der Waals surface area contributed by atoms with Gasteiger partial charge in [0.15, 0.2) is 0 Å². The fourth-order valence-electron chi connectivity index (χ4n) is 3.05. The van der Waals surface area contributed by atoms with Crippen LogP contribution in [0.5, 0.6) is 0 Å². The van der Waals surface area contributed by atoms with E-state index < -0.39 is 11.6 Å². The molecule has 0 aliphatic rings. The van der Waals surface area contributed by atoms with E-state index in [0.29, 0.717) is 12.8 Å². The van der Waals surface area contributed by atoms with Gasteiger partial charge in [-0.15, -0.1) is 0 Å². The predicted octanol–water partition coefficient (Wildman–Crippen LogP) is 7.19. The molecule has 0 N–H and O–H groups in total. The Kier molecular flexibility index (Phi) is 12.1. The summed E-state index contributed by atoms with van der Waals surface area (Å²) in [6, 6.07) is 0. The highest BCUT2D eigenvalue weighted by Gasteiger charge is 2.42. The summed E-state index contributed by atoms with van der Waals surface area (Å²) in [7, 11) is 0. The number of alkyl halides is 4. The number of hydrogen-bond acceptors (Lipinski definition) is 1. The van der Waals surface area contributed by atoms with Gasteiger partial charge in [-0.05, 0) is 38.5 Å². The number of rotatable bonds is 12. The van der Waals surface area contributed by atoms with Gasteiger partial charge in [0.2, 0.25) is 0 Å². The van der Waals surface area contributed by atoms with Crippen molar-refractivity contribution in [2.45, 2.75) is 87.4 Å². The molecule has 0 aromatic rings. The topological polar surface area (TPSA) is 17.1 Å². The summed E-state index contributed by atoms with van der Waals surface area (Å²) < 4.78 is 14.6. The summed E-state index contributed by atoms with van der Waals surface area (Å²) in [6.45, 7) is 7.89. The highest BCUT2D eigenvalue weighted by Crippen LogP contribution is 2.43. The third kappa shape index (κ3) is 7.29. The molecule has 22 heavy (non-hydrogen) atoms. The first-order chi connectivity index (χ1) is 10.2. The summed E-state index contributed by atoms with van der Waals surface area (Å²) in [5.41, 5.74) is -0.539. The minimum absolute atomic E-state index is 0.140. The molecule has 132 valence electrons. The SMILES string of the molecule is CCCCC(F)CC(CCC(Br)C(Br)Br)(C(C)=O)C(C)CC. The Hall–Kier alpha value is 1.04. The lowest BCUT2D eigenvalue weighted by molar-refractivity contribution is -0.132. The van der Waals surface area contributed by atoms with Crippen LogP contribution in [0.3, 0.4) is 0 Å². The van der Waals surface area contributed by atoms with Crippen molar-refractivity contribution in [2.24, 2.45) is 11.3 Å². The van der Waals surface area contributed by atoms with E-state index in [1.54, 1.807) is 6.92 Å². The summed E-state index contributed by atoms with van der Waals surface area (Å²) >= 11 is 10.6. The van der Waals surface area contributed by atoms with Crippen molar-refractivity contribution in [2.75, 3.05) is 0 Å². The van der Waals surface area contributed by atoms with E-state index in [1.807, 2.05) is 0 Å². The average molecular weight is 509 g/mol. The molecule has 0 heterocycles. The largest absolute Gasteiger partial charge is 0.299 e. The molecule has 4 atom stereocenters. The van der Waals surface area contributed by atoms with Crippen molar-refractivity contribution >= 4 is 53.6 Å². The van der Waals surface area contributed by atoms with E-state index in [0.717, 1.165) is 32.1 Å². The normalized spacial score (nSPS) is 18.8. The van der Waals surface area contributed by atoms with Gasteiger partial charge in [-0.2, -0.15) is 0 Å². The third-order valence-electron chi connectivity index (χ3n) is 4.85. The molecule has 0 bridgehead atoms. The molecule has 4 unspecified atom stereocenters. The molecule has 0 aromatic heterocycles. The van der Waals surface area contributed by atoms with Gasteiger partial charge < -0.3 is 0 Å². The van der Waals surface area contributed by atoms with E-state index in [9.17, 15) is 9.18 Å². The first-order valence-corrected chi connectivity index (χ1v) is 11.0. The van der Waals surface area contributed by atoms with Crippen molar-refractivity contribution in [3.8, 4) is 0 Å². The summed E-state index contributed by atoms with van der Waals surface area (Å²) in [4.78, 5) is 12.7. The Morgan fingerprint density at radius 3 is 2.18 bits per heavy atom.